The summed E-state index contributed by atoms with van der Waals surface area (Å²) in [5, 5.41) is 17.8. The van der Waals surface area contributed by atoms with E-state index in [4.69, 9.17) is 4.42 Å². The molecule has 1 heterocycles. The first-order valence-electron chi connectivity index (χ1n) is 3.83. The normalized spacial score (nSPS) is 13.3. The van der Waals surface area contributed by atoms with Crippen molar-refractivity contribution in [3.63, 3.8) is 0 Å². The largest absolute Gasteiger partial charge is 0.433 e. The van der Waals surface area contributed by atoms with Crippen molar-refractivity contribution in [2.45, 2.75) is 18.4 Å². The maximum Gasteiger partial charge on any atom is 0.433 e. The van der Waals surface area contributed by atoms with Gasteiger partial charge in [0.05, 0.1) is 6.07 Å². The van der Waals surface area contributed by atoms with E-state index in [0.29, 0.717) is 5.76 Å². The van der Waals surface area contributed by atoms with E-state index in [9.17, 15) is 10.1 Å². The first-order chi connectivity index (χ1) is 6.59. The summed E-state index contributed by atoms with van der Waals surface area (Å²) in [5.74, 6) is 0.149. The van der Waals surface area contributed by atoms with Gasteiger partial charge in [-0.25, -0.2) is 0 Å². The van der Waals surface area contributed by atoms with Gasteiger partial charge < -0.3 is 4.42 Å². The van der Waals surface area contributed by atoms with Crippen LogP contribution in [0.3, 0.4) is 0 Å². The molecule has 0 bridgehead atoms. The molecule has 0 aliphatic rings. The van der Waals surface area contributed by atoms with E-state index in [1.807, 2.05) is 6.92 Å². The van der Waals surface area contributed by atoms with Gasteiger partial charge in [0.2, 0.25) is 0 Å². The van der Waals surface area contributed by atoms with Gasteiger partial charge in [-0.05, 0) is 13.0 Å². The summed E-state index contributed by atoms with van der Waals surface area (Å²) >= 11 is 3.18. The molecule has 1 rings (SSSR count). The maximum absolute atomic E-state index is 10.2. The quantitative estimate of drug-likeness (QED) is 0.275. The highest BCUT2D eigenvalue weighted by atomic mass is 79.9. The summed E-state index contributed by atoms with van der Waals surface area (Å²) in [6, 6.07) is 2.80. The molecule has 0 radical (unpaired) electrons. The zero-order chi connectivity index (χ0) is 10.6. The van der Waals surface area contributed by atoms with Gasteiger partial charge in [-0.2, -0.15) is 10.2 Å². The molecule has 1 atom stereocenters. The molecule has 0 saturated carbocycles. The van der Waals surface area contributed by atoms with Gasteiger partial charge in [-0.1, -0.05) is 15.9 Å². The van der Waals surface area contributed by atoms with Crippen molar-refractivity contribution in [1.82, 2.24) is 0 Å². The van der Waals surface area contributed by atoms with Crippen LogP contribution in [0, 0.1) is 10.1 Å². The van der Waals surface area contributed by atoms with Crippen molar-refractivity contribution in [2.24, 2.45) is 10.2 Å². The smallest absolute Gasteiger partial charge is 0.404 e. The Labute approximate surface area is 88.3 Å². The Morgan fingerprint density at radius 3 is 2.93 bits per heavy atom. The number of hydrogen-bond donors (Lipinski definition) is 0. The van der Waals surface area contributed by atoms with Gasteiger partial charge in [0.1, 0.15) is 22.2 Å². The van der Waals surface area contributed by atoms with Crippen LogP contribution in [-0.2, 0) is 6.54 Å². The molecular weight excluding hydrogens is 254 g/mol. The molecule has 1 aromatic heterocycles. The van der Waals surface area contributed by atoms with E-state index < -0.39 is 4.92 Å². The second kappa shape index (κ2) is 4.85. The molecule has 0 fully saturated rings. The minimum absolute atomic E-state index is 0.0625. The standard InChI is InChI=1S/C7H8BrN3O3/c1-5(8)10-9-4-6-2-3-7(14-6)11(12)13/h2-3,5H,4H2,1H3. The number of halogens is 1. The first-order valence-corrected chi connectivity index (χ1v) is 4.75. The number of hydrogen-bond acceptors (Lipinski definition) is 5. The number of furan rings is 1. The summed E-state index contributed by atoms with van der Waals surface area (Å²) in [5.41, 5.74) is 0. The third-order valence-electron chi connectivity index (χ3n) is 1.29. The summed E-state index contributed by atoms with van der Waals surface area (Å²) < 4.78 is 4.86. The lowest BCUT2D eigenvalue weighted by Gasteiger charge is -1.90. The second-order valence-electron chi connectivity index (χ2n) is 2.49. The highest BCUT2D eigenvalue weighted by Crippen LogP contribution is 2.16. The van der Waals surface area contributed by atoms with E-state index in [2.05, 4.69) is 26.2 Å². The van der Waals surface area contributed by atoms with Gasteiger partial charge in [0, 0.05) is 0 Å². The van der Waals surface area contributed by atoms with Crippen molar-refractivity contribution in [3.8, 4) is 0 Å². The molecule has 0 amide bonds. The summed E-state index contributed by atoms with van der Waals surface area (Å²) in [4.78, 5) is 9.59. The fraction of sp³-hybridized carbons (Fsp3) is 0.429. The average molecular weight is 262 g/mol. The Balaban J connectivity index is 2.56. The van der Waals surface area contributed by atoms with Crippen LogP contribution in [0.15, 0.2) is 26.8 Å². The maximum atomic E-state index is 10.2. The molecule has 0 spiro atoms. The van der Waals surface area contributed by atoms with Crippen LogP contribution >= 0.6 is 15.9 Å². The minimum Gasteiger partial charge on any atom is -0.404 e. The number of rotatable bonds is 4. The van der Waals surface area contributed by atoms with E-state index in [1.165, 1.54) is 12.1 Å². The van der Waals surface area contributed by atoms with Gasteiger partial charge in [0.25, 0.3) is 0 Å². The van der Waals surface area contributed by atoms with E-state index in [-0.39, 0.29) is 17.4 Å². The highest BCUT2D eigenvalue weighted by Gasteiger charge is 2.10. The van der Waals surface area contributed by atoms with Crippen LogP contribution in [0.25, 0.3) is 0 Å². The van der Waals surface area contributed by atoms with Crippen molar-refractivity contribution in [1.29, 1.82) is 0 Å². The lowest BCUT2D eigenvalue weighted by Crippen LogP contribution is -1.83. The average Bonchev–Trinajstić information content (AvgIpc) is 2.52. The van der Waals surface area contributed by atoms with Crippen molar-refractivity contribution in [2.75, 3.05) is 0 Å². The van der Waals surface area contributed by atoms with E-state index in [1.54, 1.807) is 0 Å². The molecule has 0 aromatic carbocycles. The fourth-order valence-electron chi connectivity index (χ4n) is 0.773. The predicted molar refractivity (Wildman–Crippen MR) is 52.3 cm³/mol. The van der Waals surface area contributed by atoms with Gasteiger partial charge in [-0.15, -0.1) is 0 Å². The second-order valence-corrected chi connectivity index (χ2v) is 3.81. The Morgan fingerprint density at radius 1 is 1.71 bits per heavy atom. The number of nitro groups is 1. The van der Waals surface area contributed by atoms with Crippen LogP contribution in [-0.4, -0.2) is 9.87 Å². The predicted octanol–water partition coefficient (Wildman–Crippen LogP) is 2.88. The molecule has 1 aromatic rings. The van der Waals surface area contributed by atoms with Crippen molar-refractivity contribution in [3.05, 3.63) is 28.0 Å². The van der Waals surface area contributed by atoms with E-state index >= 15 is 0 Å². The third-order valence-corrected chi connectivity index (χ3v) is 1.48. The zero-order valence-electron chi connectivity index (χ0n) is 7.38. The van der Waals surface area contributed by atoms with Gasteiger partial charge >= 0.3 is 5.88 Å². The summed E-state index contributed by atoms with van der Waals surface area (Å²) in [6.07, 6.45) is 0. The molecule has 0 saturated heterocycles. The molecule has 14 heavy (non-hydrogen) atoms. The Kier molecular flexibility index (Phi) is 3.75. The number of azo groups is 1. The van der Waals surface area contributed by atoms with Crippen LogP contribution < -0.4 is 0 Å². The molecule has 7 heteroatoms. The topological polar surface area (TPSA) is 81.0 Å². The van der Waals surface area contributed by atoms with Crippen LogP contribution in [0.5, 0.6) is 0 Å². The summed E-state index contributed by atoms with van der Waals surface area (Å²) in [7, 11) is 0. The molecule has 76 valence electrons. The van der Waals surface area contributed by atoms with E-state index in [0.717, 1.165) is 0 Å². The van der Waals surface area contributed by atoms with Crippen molar-refractivity contribution >= 4 is 21.8 Å². The SMILES string of the molecule is CC(Br)N=NCc1ccc([N+](=O)[O-])o1. The lowest BCUT2D eigenvalue weighted by molar-refractivity contribution is -0.402. The molecule has 0 aliphatic heterocycles. The Bertz CT molecular complexity index is 348. The van der Waals surface area contributed by atoms with Crippen molar-refractivity contribution < 1.29 is 9.34 Å². The zero-order valence-corrected chi connectivity index (χ0v) is 8.97. The number of alkyl halides is 1. The highest BCUT2D eigenvalue weighted by molar-refractivity contribution is 9.09. The molecule has 0 N–H and O–H groups in total. The Morgan fingerprint density at radius 2 is 2.43 bits per heavy atom. The molecular formula is C7H8BrN3O3. The fourth-order valence-corrected chi connectivity index (χ4v) is 0.902. The van der Waals surface area contributed by atoms with Gasteiger partial charge in [-0.3, -0.25) is 10.1 Å². The first kappa shape index (κ1) is 10.8. The van der Waals surface area contributed by atoms with Gasteiger partial charge in [0.15, 0.2) is 0 Å². The lowest BCUT2D eigenvalue weighted by atomic mass is 10.4. The number of nitrogens with zero attached hydrogens (tertiary/aromatic N) is 3. The molecule has 0 aliphatic carbocycles. The minimum atomic E-state index is -0.590. The Hall–Kier alpha value is -1.24. The van der Waals surface area contributed by atoms with Crippen LogP contribution in [0.1, 0.15) is 12.7 Å². The monoisotopic (exact) mass is 261 g/mol. The van der Waals surface area contributed by atoms with Crippen LogP contribution in [0.2, 0.25) is 0 Å². The molecule has 1 unspecified atom stereocenters. The molecule has 6 nitrogen and oxygen atoms in total. The third kappa shape index (κ3) is 3.25. The summed E-state index contributed by atoms with van der Waals surface area (Å²) in [6.45, 7) is 2.03. The van der Waals surface area contributed by atoms with Crippen LogP contribution in [0.4, 0.5) is 5.88 Å².